The predicted molar refractivity (Wildman–Crippen MR) is 320 cm³/mol. The van der Waals surface area contributed by atoms with Gasteiger partial charge in [0.05, 0.1) is 79.6 Å². The monoisotopic (exact) mass is 1040 g/mol. The Kier molecular flexibility index (Phi) is 13.9. The first-order chi connectivity index (χ1) is 34.6. The van der Waals surface area contributed by atoms with Crippen molar-refractivity contribution in [2.75, 3.05) is 228 Å². The summed E-state index contributed by atoms with van der Waals surface area (Å²) in [6.07, 6.45) is 0. The van der Waals surface area contributed by atoms with E-state index in [4.69, 9.17) is 38.1 Å². The van der Waals surface area contributed by atoms with Gasteiger partial charge >= 0.3 is 15.0 Å². The molecule has 0 saturated carbocycles. The molecule has 0 unspecified atom stereocenters. The van der Waals surface area contributed by atoms with Gasteiger partial charge in [0.25, 0.3) is 0 Å². The van der Waals surface area contributed by atoms with Crippen LogP contribution in [0, 0.1) is 0 Å². The highest BCUT2D eigenvalue weighted by Gasteiger charge is 2.37. The van der Waals surface area contributed by atoms with Crippen LogP contribution in [-0.2, 0) is 0 Å². The fraction of sp³-hybridized carbons (Fsp3) is 0.462. The van der Waals surface area contributed by atoms with Crippen molar-refractivity contribution in [2.45, 2.75) is 0 Å². The van der Waals surface area contributed by atoms with Crippen LogP contribution < -0.4 is 90.9 Å². The standard InChI is InChI=1S/C52H78N20P2/c1-61(2)41-35(42(41)62(3)4)55-73(56-36-43(63(5)6)44(36)64(7)8,57-37-45(65(9)10)46(37)66(11)12)53-32-29-25-27-31-28-26-30-33(34(31)32)54-74(58-38-47(67(13)14)48(38)68(15)16,59-39-49(69(17)18)50(39)70(19)20)60-40-51(71(21)22)52(40)72(23)24/h25-30H,1-24H3. The van der Waals surface area contributed by atoms with Crippen molar-refractivity contribution in [3.8, 4) is 0 Å². The number of rotatable bonds is 20. The molecule has 0 aliphatic carbocycles. The topological polar surface area (TPSA) is 138 Å². The van der Waals surface area contributed by atoms with Crippen LogP contribution in [0.15, 0.2) is 74.5 Å². The first kappa shape index (κ1) is 53.5. The Morgan fingerprint density at radius 2 is 0.405 bits per heavy atom. The second kappa shape index (κ2) is 19.2. The lowest BCUT2D eigenvalue weighted by Crippen LogP contribution is -2.08. The molecule has 22 heteroatoms. The van der Waals surface area contributed by atoms with Crippen molar-refractivity contribution in [3.05, 3.63) is 68.5 Å². The van der Waals surface area contributed by atoms with Gasteiger partial charge < -0.3 is 58.8 Å². The van der Waals surface area contributed by atoms with Gasteiger partial charge in [-0.2, -0.15) is 0 Å². The second-order valence-electron chi connectivity index (χ2n) is 21.5. The van der Waals surface area contributed by atoms with Crippen molar-refractivity contribution >= 4 is 105 Å². The molecule has 0 aliphatic heterocycles. The minimum Gasteiger partial charge on any atom is -0.374 e. The molecule has 0 radical (unpaired) electrons. The van der Waals surface area contributed by atoms with Crippen molar-refractivity contribution in [1.82, 2.24) is 0 Å². The predicted octanol–water partition coefficient (Wildman–Crippen LogP) is 5.65. The van der Waals surface area contributed by atoms with Gasteiger partial charge in [-0.25, -0.2) is 38.1 Å². The molecule has 74 heavy (non-hydrogen) atoms. The lowest BCUT2D eigenvalue weighted by molar-refractivity contribution is 1.12. The Bertz CT molecular complexity index is 2970. The molecule has 0 saturated heterocycles. The third kappa shape index (κ3) is 9.85. The summed E-state index contributed by atoms with van der Waals surface area (Å²) >= 11 is 0. The van der Waals surface area contributed by atoms with Gasteiger partial charge in [0, 0.05) is 175 Å². The zero-order valence-corrected chi connectivity index (χ0v) is 50.1. The second-order valence-corrected chi connectivity index (χ2v) is 25.3. The Balaban J connectivity index is 1.59. The fourth-order valence-electron chi connectivity index (χ4n) is 9.44. The SMILES string of the molecule is CN(C)c1c(N(C)C)c1=NP(N=c1c(N(C)C)c1N(C)C)(N=c1c(N(C)C)c1N(C)C)=Nc1cccc2cccc(N=P(N=c3c(N(C)C)c3N(C)C)(N=c3c(N(C)C)c3N(C)C)N=c3c(N(C)C)c3N(C)C)c12. The Labute approximate surface area is 438 Å². The molecule has 0 N–H and O–H groups in total. The van der Waals surface area contributed by atoms with Crippen molar-refractivity contribution in [2.24, 2.45) is 38.1 Å². The van der Waals surface area contributed by atoms with E-state index in [1.54, 1.807) is 0 Å². The molecular weight excluding hydrogens is 967 g/mol. The Hall–Kier alpha value is -6.78. The van der Waals surface area contributed by atoms with Crippen LogP contribution in [0.4, 0.5) is 79.6 Å². The Morgan fingerprint density at radius 3 is 0.554 bits per heavy atom. The van der Waals surface area contributed by atoms with E-state index in [1.165, 1.54) is 0 Å². The third-order valence-electron chi connectivity index (χ3n) is 12.8. The molecule has 8 aromatic rings. The van der Waals surface area contributed by atoms with Crippen LogP contribution in [0.1, 0.15) is 0 Å². The van der Waals surface area contributed by atoms with E-state index in [0.29, 0.717) is 11.4 Å². The van der Waals surface area contributed by atoms with Crippen molar-refractivity contribution in [1.29, 1.82) is 0 Å². The molecule has 0 atom stereocenters. The molecule has 0 bridgehead atoms. The number of hydrogen-bond donors (Lipinski definition) is 0. The van der Waals surface area contributed by atoms with Crippen LogP contribution >= 0.6 is 15.0 Å². The van der Waals surface area contributed by atoms with Crippen LogP contribution in [-0.4, -0.2) is 169 Å². The number of nitrogens with zero attached hydrogens (tertiary/aromatic N) is 20. The van der Waals surface area contributed by atoms with Crippen molar-refractivity contribution < 1.29 is 0 Å². The molecule has 0 spiro atoms. The maximum atomic E-state index is 5.88. The molecular formula is C52H78N20P2. The maximum Gasteiger partial charge on any atom is 0.307 e. The molecule has 0 fully saturated rings. The summed E-state index contributed by atoms with van der Waals surface area (Å²) in [4.78, 5) is 25.3. The largest absolute Gasteiger partial charge is 0.374 e. The average molecular weight is 1050 g/mol. The zero-order chi connectivity index (χ0) is 54.5. The van der Waals surface area contributed by atoms with E-state index in [2.05, 4.69) is 70.9 Å². The van der Waals surface area contributed by atoms with Crippen LogP contribution in [0.25, 0.3) is 10.8 Å². The quantitative estimate of drug-likeness (QED) is 0.0874. The summed E-state index contributed by atoms with van der Waals surface area (Å²) in [7, 11) is 42.1. The number of hydrogen-bond acceptors (Lipinski definition) is 14. The Morgan fingerprint density at radius 1 is 0.243 bits per heavy atom. The highest BCUT2D eigenvalue weighted by molar-refractivity contribution is 7.62. The van der Waals surface area contributed by atoms with E-state index in [9.17, 15) is 0 Å². The smallest absolute Gasteiger partial charge is 0.307 e. The molecule has 8 aromatic carbocycles. The van der Waals surface area contributed by atoms with Gasteiger partial charge in [-0.1, -0.05) is 24.3 Å². The van der Waals surface area contributed by atoms with Crippen LogP contribution in [0.2, 0.25) is 0 Å². The molecule has 0 aromatic heterocycles. The van der Waals surface area contributed by atoms with Crippen LogP contribution in [0.5, 0.6) is 0 Å². The molecule has 396 valence electrons. The maximum absolute atomic E-state index is 5.88. The number of fused-ring (bicyclic) bond motifs is 1. The molecule has 8 rings (SSSR count). The van der Waals surface area contributed by atoms with Gasteiger partial charge in [0.15, 0.2) is 0 Å². The summed E-state index contributed by atoms with van der Waals surface area (Å²) in [6.45, 7) is 0. The minimum absolute atomic E-state index is 0.655. The van der Waals surface area contributed by atoms with E-state index in [0.717, 1.165) is 111 Å². The van der Waals surface area contributed by atoms with Gasteiger partial charge in [0.1, 0.15) is 32.1 Å². The van der Waals surface area contributed by atoms with Gasteiger partial charge in [0.2, 0.25) is 0 Å². The van der Waals surface area contributed by atoms with Gasteiger partial charge in [-0.3, -0.25) is 0 Å². The zero-order valence-electron chi connectivity index (χ0n) is 48.3. The first-order valence-corrected chi connectivity index (χ1v) is 27.7. The summed E-state index contributed by atoms with van der Waals surface area (Å²) in [5, 5.41) is 6.75. The normalized spacial score (nSPS) is 12.1. The lowest BCUT2D eigenvalue weighted by Gasteiger charge is -2.13. The van der Waals surface area contributed by atoms with Gasteiger partial charge in [-0.15, -0.1) is 0 Å². The van der Waals surface area contributed by atoms with Crippen LogP contribution in [0.3, 0.4) is 0 Å². The number of anilines is 12. The molecule has 0 heterocycles. The highest BCUT2D eigenvalue weighted by atomic mass is 31.2. The van der Waals surface area contributed by atoms with E-state index < -0.39 is 15.0 Å². The lowest BCUT2D eigenvalue weighted by atomic mass is 10.1. The van der Waals surface area contributed by atoms with Gasteiger partial charge in [-0.05, 0) is 17.5 Å². The highest BCUT2D eigenvalue weighted by Crippen LogP contribution is 2.62. The number of benzene rings is 2. The summed E-state index contributed by atoms with van der Waals surface area (Å²) in [6, 6.07) is 12.4. The fourth-order valence-corrected chi connectivity index (χ4v) is 13.6. The third-order valence-corrected chi connectivity index (χ3v) is 16.6. The van der Waals surface area contributed by atoms with Crippen molar-refractivity contribution in [3.63, 3.8) is 0 Å². The summed E-state index contributed by atoms with van der Waals surface area (Å²) < 4.78 is 46.1. The van der Waals surface area contributed by atoms with E-state index in [-0.39, 0.29) is 0 Å². The summed E-state index contributed by atoms with van der Waals surface area (Å²) in [5.74, 6) is 0. The average Bonchev–Trinajstić information content (AvgIpc) is 4.01. The van der Waals surface area contributed by atoms with E-state index in [1.807, 2.05) is 193 Å². The molecule has 20 nitrogen and oxygen atoms in total. The van der Waals surface area contributed by atoms with E-state index >= 15 is 0 Å². The molecule has 0 amide bonds. The minimum atomic E-state index is -3.55. The molecule has 0 aliphatic rings. The first-order valence-electron chi connectivity index (χ1n) is 24.5. The summed E-state index contributed by atoms with van der Waals surface area (Å²) in [5.41, 5.74) is 13.6.